The van der Waals surface area contributed by atoms with Crippen LogP contribution in [-0.2, 0) is 9.84 Å². The molecule has 0 saturated heterocycles. The Bertz CT molecular complexity index is 738. The summed E-state index contributed by atoms with van der Waals surface area (Å²) in [6, 6.07) is 11.1. The summed E-state index contributed by atoms with van der Waals surface area (Å²) in [7, 11) is -3.69. The minimum absolute atomic E-state index is 0.0555. The van der Waals surface area contributed by atoms with E-state index in [1.54, 1.807) is 35.2 Å². The second kappa shape index (κ2) is 8.01. The van der Waals surface area contributed by atoms with Gasteiger partial charge in [0, 0.05) is 19.6 Å². The summed E-state index contributed by atoms with van der Waals surface area (Å²) >= 11 is 0. The van der Waals surface area contributed by atoms with Crippen molar-refractivity contribution in [3.8, 4) is 0 Å². The molecule has 2 aromatic rings. The van der Waals surface area contributed by atoms with Gasteiger partial charge in [0.1, 0.15) is 11.0 Å². The second-order valence-electron chi connectivity index (χ2n) is 5.22. The Morgan fingerprint density at radius 1 is 1.12 bits per heavy atom. The summed E-state index contributed by atoms with van der Waals surface area (Å²) in [6.45, 7) is 4.79. The molecule has 7 heteroatoms. The van der Waals surface area contributed by atoms with Crippen LogP contribution in [0.1, 0.15) is 24.9 Å². The Hall–Kier alpha value is -2.28. The molecule has 0 aliphatic heterocycles. The Kier molecular flexibility index (Phi) is 6.03. The van der Waals surface area contributed by atoms with Crippen molar-refractivity contribution in [2.75, 3.05) is 19.6 Å². The number of nitrogens with zero attached hydrogens (tertiary/aromatic N) is 1. The number of carbonyl (C=O) groups excluding carboxylic acids is 1. The number of sulfone groups is 1. The fraction of sp³-hybridized carbons (Fsp3) is 0.353. The summed E-state index contributed by atoms with van der Waals surface area (Å²) in [5.74, 6) is 0.304. The first-order valence-electron chi connectivity index (χ1n) is 7.85. The molecule has 130 valence electrons. The highest BCUT2D eigenvalue weighted by molar-refractivity contribution is 7.91. The van der Waals surface area contributed by atoms with Crippen molar-refractivity contribution in [3.63, 3.8) is 0 Å². The molecule has 0 aliphatic rings. The van der Waals surface area contributed by atoms with Crippen LogP contribution in [0.15, 0.2) is 58.0 Å². The number of furan rings is 1. The lowest BCUT2D eigenvalue weighted by Crippen LogP contribution is -2.42. The average Bonchev–Trinajstić information content (AvgIpc) is 3.11. The molecule has 1 aromatic carbocycles. The maximum atomic E-state index is 12.9. The quantitative estimate of drug-likeness (QED) is 0.833. The van der Waals surface area contributed by atoms with Crippen molar-refractivity contribution in [1.82, 2.24) is 10.2 Å². The van der Waals surface area contributed by atoms with Gasteiger partial charge in [0.25, 0.3) is 0 Å². The summed E-state index contributed by atoms with van der Waals surface area (Å²) in [5.41, 5.74) is 0. The molecule has 0 bridgehead atoms. The highest BCUT2D eigenvalue weighted by atomic mass is 32.2. The van der Waals surface area contributed by atoms with Crippen molar-refractivity contribution < 1.29 is 17.6 Å². The van der Waals surface area contributed by atoms with Crippen molar-refractivity contribution in [3.05, 3.63) is 54.5 Å². The van der Waals surface area contributed by atoms with Crippen molar-refractivity contribution >= 4 is 15.9 Å². The summed E-state index contributed by atoms with van der Waals surface area (Å²) < 4.78 is 31.2. The van der Waals surface area contributed by atoms with Crippen LogP contribution in [-0.4, -0.2) is 39.0 Å². The van der Waals surface area contributed by atoms with Gasteiger partial charge in [0.15, 0.2) is 9.84 Å². The van der Waals surface area contributed by atoms with Gasteiger partial charge in [-0.05, 0) is 38.1 Å². The first kappa shape index (κ1) is 18.1. The molecule has 1 heterocycles. The number of hydrogen-bond acceptors (Lipinski definition) is 4. The van der Waals surface area contributed by atoms with E-state index in [0.29, 0.717) is 18.8 Å². The molecule has 24 heavy (non-hydrogen) atoms. The van der Waals surface area contributed by atoms with Gasteiger partial charge < -0.3 is 14.6 Å². The van der Waals surface area contributed by atoms with Gasteiger partial charge in [0.05, 0.1) is 11.2 Å². The van der Waals surface area contributed by atoms with Crippen LogP contribution < -0.4 is 5.32 Å². The van der Waals surface area contributed by atoms with Crippen LogP contribution in [0.4, 0.5) is 4.79 Å². The fourth-order valence-corrected chi connectivity index (χ4v) is 4.02. The van der Waals surface area contributed by atoms with Crippen LogP contribution >= 0.6 is 0 Å². The van der Waals surface area contributed by atoms with E-state index >= 15 is 0 Å². The predicted molar refractivity (Wildman–Crippen MR) is 91.4 cm³/mol. The van der Waals surface area contributed by atoms with Gasteiger partial charge >= 0.3 is 6.03 Å². The summed E-state index contributed by atoms with van der Waals surface area (Å²) in [4.78, 5) is 13.9. The van der Waals surface area contributed by atoms with E-state index in [-0.39, 0.29) is 17.5 Å². The smallest absolute Gasteiger partial charge is 0.317 e. The normalized spacial score (nSPS) is 12.6. The fourth-order valence-electron chi connectivity index (χ4n) is 2.41. The first-order valence-corrected chi connectivity index (χ1v) is 9.40. The van der Waals surface area contributed by atoms with Gasteiger partial charge in [-0.15, -0.1) is 0 Å². The molecule has 1 N–H and O–H groups in total. The van der Waals surface area contributed by atoms with Crippen LogP contribution in [0.3, 0.4) is 0 Å². The van der Waals surface area contributed by atoms with Gasteiger partial charge in [-0.1, -0.05) is 18.2 Å². The summed E-state index contributed by atoms with van der Waals surface area (Å²) in [5, 5.41) is 1.72. The number of urea groups is 1. The van der Waals surface area contributed by atoms with Crippen LogP contribution in [0, 0.1) is 0 Å². The highest BCUT2D eigenvalue weighted by Crippen LogP contribution is 2.28. The zero-order chi connectivity index (χ0) is 17.6. The number of amides is 2. The lowest BCUT2D eigenvalue weighted by molar-refractivity contribution is 0.203. The predicted octanol–water partition coefficient (Wildman–Crippen LogP) is 2.85. The minimum atomic E-state index is -3.69. The maximum absolute atomic E-state index is 12.9. The molecule has 6 nitrogen and oxygen atoms in total. The van der Waals surface area contributed by atoms with Gasteiger partial charge in [-0.3, -0.25) is 0 Å². The first-order chi connectivity index (χ1) is 11.5. The third kappa shape index (κ3) is 3.97. The molecule has 0 spiro atoms. The number of benzene rings is 1. The van der Waals surface area contributed by atoms with E-state index in [1.165, 1.54) is 18.4 Å². The van der Waals surface area contributed by atoms with E-state index in [1.807, 2.05) is 13.8 Å². The lowest BCUT2D eigenvalue weighted by atomic mass is 10.3. The van der Waals surface area contributed by atoms with Crippen LogP contribution in [0.25, 0.3) is 0 Å². The zero-order valence-corrected chi connectivity index (χ0v) is 14.6. The molecular weight excluding hydrogens is 328 g/mol. The monoisotopic (exact) mass is 350 g/mol. The molecule has 0 aliphatic carbocycles. The van der Waals surface area contributed by atoms with Crippen molar-refractivity contribution in [1.29, 1.82) is 0 Å². The van der Waals surface area contributed by atoms with E-state index in [4.69, 9.17) is 4.42 Å². The molecule has 1 aromatic heterocycles. The molecular formula is C17H22N2O4S. The van der Waals surface area contributed by atoms with E-state index in [2.05, 4.69) is 5.32 Å². The summed E-state index contributed by atoms with van der Waals surface area (Å²) in [6.07, 6.45) is 1.43. The standard InChI is InChI=1S/C17H22N2O4S/c1-3-19(4-2)17(20)18-13-16(15-11-8-12-23-15)24(21,22)14-9-6-5-7-10-14/h5-12,16H,3-4,13H2,1-2H3,(H,18,20). The number of nitrogens with one attached hydrogen (secondary N) is 1. The van der Waals surface area contributed by atoms with Gasteiger partial charge in [-0.25, -0.2) is 13.2 Å². The minimum Gasteiger partial charge on any atom is -0.468 e. The van der Waals surface area contributed by atoms with E-state index < -0.39 is 15.1 Å². The molecule has 0 saturated carbocycles. The van der Waals surface area contributed by atoms with Crippen LogP contribution in [0.5, 0.6) is 0 Å². The molecule has 2 rings (SSSR count). The SMILES string of the molecule is CCN(CC)C(=O)NCC(c1ccco1)S(=O)(=O)c1ccccc1. The Morgan fingerprint density at radius 3 is 2.33 bits per heavy atom. The topological polar surface area (TPSA) is 79.6 Å². The molecule has 2 amide bonds. The van der Waals surface area contributed by atoms with Gasteiger partial charge in [-0.2, -0.15) is 0 Å². The molecule has 1 unspecified atom stereocenters. The zero-order valence-electron chi connectivity index (χ0n) is 13.8. The van der Waals surface area contributed by atoms with Crippen molar-refractivity contribution in [2.45, 2.75) is 24.0 Å². The van der Waals surface area contributed by atoms with Gasteiger partial charge in [0.2, 0.25) is 0 Å². The van der Waals surface area contributed by atoms with E-state index in [0.717, 1.165) is 0 Å². The third-order valence-electron chi connectivity index (χ3n) is 3.80. The Labute approximate surface area is 142 Å². The Balaban J connectivity index is 2.26. The number of rotatable bonds is 7. The molecule has 1 atom stereocenters. The average molecular weight is 350 g/mol. The second-order valence-corrected chi connectivity index (χ2v) is 7.35. The highest BCUT2D eigenvalue weighted by Gasteiger charge is 2.32. The third-order valence-corrected chi connectivity index (χ3v) is 5.87. The number of hydrogen-bond donors (Lipinski definition) is 1. The maximum Gasteiger partial charge on any atom is 0.317 e. The lowest BCUT2D eigenvalue weighted by Gasteiger charge is -2.22. The molecule has 0 radical (unpaired) electrons. The van der Waals surface area contributed by atoms with Crippen molar-refractivity contribution in [2.24, 2.45) is 0 Å². The Morgan fingerprint density at radius 2 is 1.79 bits per heavy atom. The van der Waals surface area contributed by atoms with E-state index in [9.17, 15) is 13.2 Å². The number of carbonyl (C=O) groups is 1. The largest absolute Gasteiger partial charge is 0.468 e. The van der Waals surface area contributed by atoms with Crippen LogP contribution in [0.2, 0.25) is 0 Å². The molecule has 0 fully saturated rings.